The zero-order valence-corrected chi connectivity index (χ0v) is 8.68. The maximum absolute atomic E-state index is 11.4. The second-order valence-electron chi connectivity index (χ2n) is 3.47. The Morgan fingerprint density at radius 2 is 2.07 bits per heavy atom. The minimum atomic E-state index is -0.867. The van der Waals surface area contributed by atoms with Gasteiger partial charge in [-0.3, -0.25) is 4.79 Å². The van der Waals surface area contributed by atoms with Crippen LogP contribution in [0.15, 0.2) is 30.3 Å². The predicted molar refractivity (Wildman–Crippen MR) is 57.9 cm³/mol. The van der Waals surface area contributed by atoms with E-state index in [-0.39, 0.29) is 5.91 Å². The molecule has 4 heteroatoms. The van der Waals surface area contributed by atoms with Crippen molar-refractivity contribution < 1.29 is 9.90 Å². The molecule has 1 amide bonds. The van der Waals surface area contributed by atoms with Gasteiger partial charge in [0.25, 0.3) is 0 Å². The van der Waals surface area contributed by atoms with E-state index in [0.717, 1.165) is 5.56 Å². The zero-order valence-electron chi connectivity index (χ0n) is 8.68. The summed E-state index contributed by atoms with van der Waals surface area (Å²) in [6, 6.07) is 8.66. The van der Waals surface area contributed by atoms with E-state index in [1.807, 2.05) is 30.3 Å². The largest absolute Gasteiger partial charge is 0.391 e. The van der Waals surface area contributed by atoms with E-state index < -0.39 is 12.1 Å². The fourth-order valence-electron chi connectivity index (χ4n) is 1.12. The standard InChI is InChI=1S/C11H16N2O2/c1-8(14)10(12)11(15)13-7-9-5-3-2-4-6-9/h2-6,8,10,14H,7,12H2,1H3,(H,13,15)/t8?,10-/m0/s1. The molecule has 1 unspecified atom stereocenters. The third-order valence-corrected chi connectivity index (χ3v) is 2.13. The Labute approximate surface area is 89.1 Å². The third kappa shape index (κ3) is 3.69. The molecule has 2 atom stereocenters. The van der Waals surface area contributed by atoms with Crippen molar-refractivity contribution in [1.29, 1.82) is 0 Å². The number of nitrogens with one attached hydrogen (secondary N) is 1. The molecule has 82 valence electrons. The van der Waals surface area contributed by atoms with Gasteiger partial charge in [0.1, 0.15) is 6.04 Å². The van der Waals surface area contributed by atoms with Gasteiger partial charge < -0.3 is 16.2 Å². The van der Waals surface area contributed by atoms with Crippen LogP contribution in [0.3, 0.4) is 0 Å². The van der Waals surface area contributed by atoms with Crippen LogP contribution in [0.25, 0.3) is 0 Å². The fourth-order valence-corrected chi connectivity index (χ4v) is 1.12. The molecule has 0 aromatic heterocycles. The maximum atomic E-state index is 11.4. The highest BCUT2D eigenvalue weighted by Gasteiger charge is 2.17. The van der Waals surface area contributed by atoms with E-state index in [4.69, 9.17) is 10.8 Å². The molecule has 1 aromatic carbocycles. The SMILES string of the molecule is CC(O)[C@H](N)C(=O)NCc1ccccc1. The molecular weight excluding hydrogens is 192 g/mol. The molecule has 0 radical (unpaired) electrons. The van der Waals surface area contributed by atoms with Crippen LogP contribution in [0.5, 0.6) is 0 Å². The maximum Gasteiger partial charge on any atom is 0.239 e. The molecule has 15 heavy (non-hydrogen) atoms. The Kier molecular flexibility index (Phi) is 4.27. The van der Waals surface area contributed by atoms with Gasteiger partial charge in [0.2, 0.25) is 5.91 Å². The molecule has 0 fully saturated rings. The molecule has 0 saturated heterocycles. The van der Waals surface area contributed by atoms with Crippen molar-refractivity contribution in [2.45, 2.75) is 25.6 Å². The first kappa shape index (κ1) is 11.7. The highest BCUT2D eigenvalue weighted by molar-refractivity contribution is 5.82. The molecule has 0 aliphatic rings. The lowest BCUT2D eigenvalue weighted by atomic mass is 10.1. The average molecular weight is 208 g/mol. The first-order chi connectivity index (χ1) is 7.11. The van der Waals surface area contributed by atoms with Crippen molar-refractivity contribution in [2.24, 2.45) is 5.73 Å². The number of benzene rings is 1. The number of carbonyl (C=O) groups excluding carboxylic acids is 1. The van der Waals surface area contributed by atoms with Crippen LogP contribution in [0.2, 0.25) is 0 Å². The molecule has 0 aliphatic carbocycles. The molecule has 4 nitrogen and oxygen atoms in total. The number of carbonyl (C=O) groups is 1. The Bertz CT molecular complexity index is 312. The Morgan fingerprint density at radius 1 is 1.47 bits per heavy atom. The first-order valence-corrected chi connectivity index (χ1v) is 4.86. The second-order valence-corrected chi connectivity index (χ2v) is 3.47. The van der Waals surface area contributed by atoms with Gasteiger partial charge in [-0.2, -0.15) is 0 Å². The van der Waals surface area contributed by atoms with Gasteiger partial charge in [-0.1, -0.05) is 30.3 Å². The molecule has 0 bridgehead atoms. The van der Waals surface area contributed by atoms with Crippen molar-refractivity contribution >= 4 is 5.91 Å². The van der Waals surface area contributed by atoms with Gasteiger partial charge in [-0.05, 0) is 12.5 Å². The summed E-state index contributed by atoms with van der Waals surface area (Å²) in [4.78, 5) is 11.4. The smallest absolute Gasteiger partial charge is 0.239 e. The summed E-state index contributed by atoms with van der Waals surface area (Å²) in [6.07, 6.45) is -0.833. The van der Waals surface area contributed by atoms with Crippen molar-refractivity contribution in [3.8, 4) is 0 Å². The van der Waals surface area contributed by atoms with Gasteiger partial charge in [0, 0.05) is 6.54 Å². The monoisotopic (exact) mass is 208 g/mol. The van der Waals surface area contributed by atoms with Gasteiger partial charge in [0.05, 0.1) is 6.10 Å². The lowest BCUT2D eigenvalue weighted by molar-refractivity contribution is -0.124. The van der Waals surface area contributed by atoms with Crippen LogP contribution in [0.1, 0.15) is 12.5 Å². The number of amides is 1. The fraction of sp³-hybridized carbons (Fsp3) is 0.364. The third-order valence-electron chi connectivity index (χ3n) is 2.13. The summed E-state index contributed by atoms with van der Waals surface area (Å²) in [5.41, 5.74) is 6.47. The summed E-state index contributed by atoms with van der Waals surface area (Å²) in [5.74, 6) is -0.339. The number of rotatable bonds is 4. The molecule has 0 spiro atoms. The van der Waals surface area contributed by atoms with Gasteiger partial charge in [0.15, 0.2) is 0 Å². The molecular formula is C11H16N2O2. The van der Waals surface area contributed by atoms with Gasteiger partial charge in [-0.25, -0.2) is 0 Å². The number of aliphatic hydroxyl groups is 1. The van der Waals surface area contributed by atoms with E-state index in [1.165, 1.54) is 6.92 Å². The van der Waals surface area contributed by atoms with Crippen LogP contribution >= 0.6 is 0 Å². The van der Waals surface area contributed by atoms with Gasteiger partial charge >= 0.3 is 0 Å². The summed E-state index contributed by atoms with van der Waals surface area (Å²) >= 11 is 0. The second kappa shape index (κ2) is 5.48. The topological polar surface area (TPSA) is 75.3 Å². The van der Waals surface area contributed by atoms with Crippen molar-refractivity contribution in [1.82, 2.24) is 5.32 Å². The molecule has 0 saturated carbocycles. The molecule has 0 heterocycles. The summed E-state index contributed by atoms with van der Waals surface area (Å²) in [5, 5.41) is 11.8. The van der Waals surface area contributed by atoms with Crippen LogP contribution in [-0.4, -0.2) is 23.2 Å². The van der Waals surface area contributed by atoms with Crippen LogP contribution in [0.4, 0.5) is 0 Å². The Balaban J connectivity index is 2.41. The molecule has 4 N–H and O–H groups in total. The van der Waals surface area contributed by atoms with Crippen LogP contribution < -0.4 is 11.1 Å². The van der Waals surface area contributed by atoms with Gasteiger partial charge in [-0.15, -0.1) is 0 Å². The van der Waals surface area contributed by atoms with E-state index in [0.29, 0.717) is 6.54 Å². The minimum absolute atomic E-state index is 0.339. The zero-order chi connectivity index (χ0) is 11.3. The lowest BCUT2D eigenvalue weighted by Crippen LogP contribution is -2.46. The van der Waals surface area contributed by atoms with E-state index in [9.17, 15) is 4.79 Å². The van der Waals surface area contributed by atoms with Crippen LogP contribution in [0, 0.1) is 0 Å². The quantitative estimate of drug-likeness (QED) is 0.652. The lowest BCUT2D eigenvalue weighted by Gasteiger charge is -2.14. The van der Waals surface area contributed by atoms with Crippen molar-refractivity contribution in [2.75, 3.05) is 0 Å². The highest BCUT2D eigenvalue weighted by Crippen LogP contribution is 1.97. The van der Waals surface area contributed by atoms with E-state index >= 15 is 0 Å². The molecule has 1 rings (SSSR count). The highest BCUT2D eigenvalue weighted by atomic mass is 16.3. The Morgan fingerprint density at radius 3 is 2.60 bits per heavy atom. The Hall–Kier alpha value is -1.39. The first-order valence-electron chi connectivity index (χ1n) is 4.86. The van der Waals surface area contributed by atoms with E-state index in [1.54, 1.807) is 0 Å². The molecule has 0 aliphatic heterocycles. The summed E-state index contributed by atoms with van der Waals surface area (Å²) in [6.45, 7) is 1.92. The van der Waals surface area contributed by atoms with Crippen LogP contribution in [-0.2, 0) is 11.3 Å². The normalized spacial score (nSPS) is 14.3. The van der Waals surface area contributed by atoms with E-state index in [2.05, 4.69) is 5.32 Å². The number of hydrogen-bond donors (Lipinski definition) is 3. The average Bonchev–Trinajstić information content (AvgIpc) is 2.26. The number of hydrogen-bond acceptors (Lipinski definition) is 3. The number of nitrogens with two attached hydrogens (primary N) is 1. The van der Waals surface area contributed by atoms with Crippen molar-refractivity contribution in [3.05, 3.63) is 35.9 Å². The summed E-state index contributed by atoms with van der Waals surface area (Å²) < 4.78 is 0. The van der Waals surface area contributed by atoms with Crippen molar-refractivity contribution in [3.63, 3.8) is 0 Å². The summed E-state index contributed by atoms with van der Waals surface area (Å²) in [7, 11) is 0. The number of aliphatic hydroxyl groups excluding tert-OH is 1. The minimum Gasteiger partial charge on any atom is -0.391 e. The molecule has 1 aromatic rings. The predicted octanol–water partition coefficient (Wildman–Crippen LogP) is 0.0109.